The molecule has 0 atom stereocenters. The highest BCUT2D eigenvalue weighted by atomic mass is 32.2. The van der Waals surface area contributed by atoms with E-state index < -0.39 is 10.0 Å². The van der Waals surface area contributed by atoms with Crippen molar-refractivity contribution < 1.29 is 12.9 Å². The molecule has 0 aliphatic carbocycles. The van der Waals surface area contributed by atoms with Crippen LogP contribution in [0.15, 0.2) is 21.8 Å². The van der Waals surface area contributed by atoms with E-state index in [0.717, 1.165) is 0 Å². The van der Waals surface area contributed by atoms with Crippen LogP contribution < -0.4 is 4.72 Å². The second-order valence-electron chi connectivity index (χ2n) is 3.27. The molecule has 2 N–H and O–H groups in total. The molecule has 2 rings (SSSR count). The van der Waals surface area contributed by atoms with Gasteiger partial charge in [0.05, 0.1) is 11.9 Å². The summed E-state index contributed by atoms with van der Waals surface area (Å²) in [5, 5.41) is 3.56. The lowest BCUT2D eigenvalue weighted by molar-refractivity contribution is 0.430. The van der Waals surface area contributed by atoms with Crippen LogP contribution in [-0.4, -0.2) is 23.5 Å². The number of nitrogens with one attached hydrogen (secondary N) is 2. The molecule has 2 heterocycles. The van der Waals surface area contributed by atoms with Gasteiger partial charge in [0.25, 0.3) is 10.0 Å². The lowest BCUT2D eigenvalue weighted by Crippen LogP contribution is -2.12. The number of aryl methyl sites for hydroxylation is 2. The predicted octanol–water partition coefficient (Wildman–Crippen LogP) is 0.815. The lowest BCUT2D eigenvalue weighted by Gasteiger charge is -2.00. The smallest absolute Gasteiger partial charge is 0.281 e. The summed E-state index contributed by atoms with van der Waals surface area (Å²) in [6.45, 7) is 3.36. The molecular weight excluding hydrogens is 232 g/mol. The van der Waals surface area contributed by atoms with E-state index in [1.807, 2.05) is 0 Å². The van der Waals surface area contributed by atoms with Crippen molar-refractivity contribution in [2.45, 2.75) is 18.9 Å². The minimum absolute atomic E-state index is 0.0148. The second kappa shape index (κ2) is 3.63. The van der Waals surface area contributed by atoms with Crippen LogP contribution in [0.5, 0.6) is 0 Å². The number of rotatable bonds is 3. The topological polar surface area (TPSA) is 101 Å². The summed E-state index contributed by atoms with van der Waals surface area (Å²) in [7, 11) is -3.68. The summed E-state index contributed by atoms with van der Waals surface area (Å²) in [4.78, 5) is 6.43. The summed E-state index contributed by atoms with van der Waals surface area (Å²) in [6.07, 6.45) is 1.24. The molecule has 0 aliphatic rings. The third-order valence-electron chi connectivity index (χ3n) is 1.83. The highest BCUT2D eigenvalue weighted by Gasteiger charge is 2.18. The van der Waals surface area contributed by atoms with Gasteiger partial charge in [-0.1, -0.05) is 5.16 Å². The number of anilines is 1. The Hall–Kier alpha value is -1.83. The van der Waals surface area contributed by atoms with Crippen molar-refractivity contribution >= 4 is 15.9 Å². The Morgan fingerprint density at radius 1 is 1.44 bits per heavy atom. The van der Waals surface area contributed by atoms with Gasteiger partial charge in [-0.3, -0.25) is 0 Å². The van der Waals surface area contributed by atoms with Crippen molar-refractivity contribution in [2.24, 2.45) is 0 Å². The zero-order valence-corrected chi connectivity index (χ0v) is 9.50. The van der Waals surface area contributed by atoms with E-state index in [2.05, 4.69) is 19.8 Å². The number of hydrogen-bond donors (Lipinski definition) is 2. The van der Waals surface area contributed by atoms with Gasteiger partial charge in [0.1, 0.15) is 5.82 Å². The number of nitrogens with zero attached hydrogens (tertiary/aromatic N) is 2. The number of imidazole rings is 1. The molecule has 16 heavy (non-hydrogen) atoms. The van der Waals surface area contributed by atoms with E-state index in [1.54, 1.807) is 13.8 Å². The van der Waals surface area contributed by atoms with E-state index in [1.165, 1.54) is 12.3 Å². The fraction of sp³-hybridized carbons (Fsp3) is 0.250. The van der Waals surface area contributed by atoms with Gasteiger partial charge in [-0.15, -0.1) is 0 Å². The quantitative estimate of drug-likeness (QED) is 0.829. The van der Waals surface area contributed by atoms with Crippen molar-refractivity contribution in [3.63, 3.8) is 0 Å². The summed E-state index contributed by atoms with van der Waals surface area (Å²) < 4.78 is 30.5. The third kappa shape index (κ3) is 2.06. The van der Waals surface area contributed by atoms with Crippen LogP contribution >= 0.6 is 0 Å². The maximum atomic E-state index is 11.8. The van der Waals surface area contributed by atoms with E-state index in [9.17, 15) is 8.42 Å². The first kappa shape index (κ1) is 10.7. The highest BCUT2D eigenvalue weighted by Crippen LogP contribution is 2.14. The van der Waals surface area contributed by atoms with Gasteiger partial charge in [0, 0.05) is 6.07 Å². The van der Waals surface area contributed by atoms with Crippen LogP contribution in [0.25, 0.3) is 0 Å². The first-order valence-corrected chi connectivity index (χ1v) is 5.93. The third-order valence-corrected chi connectivity index (χ3v) is 3.09. The summed E-state index contributed by atoms with van der Waals surface area (Å²) in [5.74, 6) is 0.596. The Bertz CT molecular complexity index is 598. The molecule has 0 saturated carbocycles. The fourth-order valence-electron chi connectivity index (χ4n) is 1.13. The summed E-state index contributed by atoms with van der Waals surface area (Å²) in [5.41, 5.74) is 0.596. The van der Waals surface area contributed by atoms with Crippen LogP contribution in [0.4, 0.5) is 5.88 Å². The number of H-pyrrole nitrogens is 1. The summed E-state index contributed by atoms with van der Waals surface area (Å²) in [6, 6.07) is 1.49. The van der Waals surface area contributed by atoms with Crippen LogP contribution in [0.1, 0.15) is 11.5 Å². The first-order valence-electron chi connectivity index (χ1n) is 4.45. The average Bonchev–Trinajstić information content (AvgIpc) is 2.75. The highest BCUT2D eigenvalue weighted by molar-refractivity contribution is 7.92. The van der Waals surface area contributed by atoms with Crippen LogP contribution in [0.2, 0.25) is 0 Å². The Morgan fingerprint density at radius 2 is 2.19 bits per heavy atom. The standard InChI is InChI=1S/C8H10N4O3S/c1-5-3-7(15-11-5)12-16(13,14)8-4-9-6(2)10-8/h3-4,12H,1-2H3,(H,9,10). The second-order valence-corrected chi connectivity index (χ2v) is 4.92. The number of sulfonamides is 1. The molecule has 0 fully saturated rings. The van der Waals surface area contributed by atoms with Gasteiger partial charge in [-0.25, -0.2) is 9.71 Å². The molecule has 86 valence electrons. The molecule has 7 nitrogen and oxygen atoms in total. The normalized spacial score (nSPS) is 11.6. The molecule has 0 amide bonds. The molecular formula is C8H10N4O3S. The average molecular weight is 242 g/mol. The van der Waals surface area contributed by atoms with Gasteiger partial charge < -0.3 is 9.51 Å². The predicted molar refractivity (Wildman–Crippen MR) is 55.4 cm³/mol. The van der Waals surface area contributed by atoms with E-state index in [-0.39, 0.29) is 10.9 Å². The molecule has 0 aliphatic heterocycles. The first-order chi connectivity index (χ1) is 7.47. The fourth-order valence-corrected chi connectivity index (χ4v) is 2.08. The number of hydrogen-bond acceptors (Lipinski definition) is 5. The van der Waals surface area contributed by atoms with Crippen LogP contribution in [0.3, 0.4) is 0 Å². The van der Waals surface area contributed by atoms with E-state index in [0.29, 0.717) is 11.5 Å². The van der Waals surface area contributed by atoms with E-state index >= 15 is 0 Å². The molecule has 2 aromatic rings. The molecule has 8 heteroatoms. The molecule has 0 spiro atoms. The maximum absolute atomic E-state index is 11.8. The zero-order valence-electron chi connectivity index (χ0n) is 8.68. The van der Waals surface area contributed by atoms with Crippen molar-refractivity contribution in [3.05, 3.63) is 23.8 Å². The molecule has 0 radical (unpaired) electrons. The molecule has 2 aromatic heterocycles. The molecule has 0 saturated heterocycles. The van der Waals surface area contributed by atoms with Crippen molar-refractivity contribution in [3.8, 4) is 0 Å². The van der Waals surface area contributed by atoms with Gasteiger partial charge in [-0.2, -0.15) is 8.42 Å². The minimum atomic E-state index is -3.68. The SMILES string of the molecule is Cc1cc(NS(=O)(=O)c2cnc(C)[nH]2)on1. The molecule has 0 aromatic carbocycles. The Labute approximate surface area is 91.9 Å². The maximum Gasteiger partial charge on any atom is 0.281 e. The minimum Gasteiger partial charge on any atom is -0.338 e. The van der Waals surface area contributed by atoms with Gasteiger partial charge in [0.2, 0.25) is 5.88 Å². The van der Waals surface area contributed by atoms with Crippen molar-refractivity contribution in [2.75, 3.05) is 4.72 Å². The monoisotopic (exact) mass is 242 g/mol. The largest absolute Gasteiger partial charge is 0.338 e. The van der Waals surface area contributed by atoms with Gasteiger partial charge in [-0.05, 0) is 13.8 Å². The van der Waals surface area contributed by atoms with Crippen LogP contribution in [0, 0.1) is 13.8 Å². The van der Waals surface area contributed by atoms with Crippen LogP contribution in [-0.2, 0) is 10.0 Å². The molecule has 0 bridgehead atoms. The Kier molecular flexibility index (Phi) is 2.43. The van der Waals surface area contributed by atoms with Gasteiger partial charge >= 0.3 is 0 Å². The van der Waals surface area contributed by atoms with Crippen molar-refractivity contribution in [1.29, 1.82) is 0 Å². The summed E-state index contributed by atoms with van der Waals surface area (Å²) >= 11 is 0. The number of aromatic amines is 1. The number of aromatic nitrogens is 3. The van der Waals surface area contributed by atoms with Gasteiger partial charge in [0.15, 0.2) is 5.03 Å². The Balaban J connectivity index is 2.27. The Morgan fingerprint density at radius 3 is 2.69 bits per heavy atom. The van der Waals surface area contributed by atoms with E-state index in [4.69, 9.17) is 4.52 Å². The zero-order chi connectivity index (χ0) is 11.8. The lowest BCUT2D eigenvalue weighted by atomic mass is 10.5. The van der Waals surface area contributed by atoms with Crippen molar-refractivity contribution in [1.82, 2.24) is 15.1 Å². The molecule has 0 unspecified atom stereocenters.